The van der Waals surface area contributed by atoms with Crippen LogP contribution in [-0.2, 0) is 6.42 Å². The van der Waals surface area contributed by atoms with E-state index in [0.717, 1.165) is 11.3 Å². The van der Waals surface area contributed by atoms with Crippen LogP contribution >= 0.6 is 0 Å². The highest BCUT2D eigenvalue weighted by atomic mass is 16.2. The second-order valence-corrected chi connectivity index (χ2v) is 3.99. The van der Waals surface area contributed by atoms with Crippen LogP contribution in [0, 0.1) is 0 Å². The number of rotatable bonds is 4. The van der Waals surface area contributed by atoms with Crippen molar-refractivity contribution < 1.29 is 9.90 Å². The molecular weight excluding hydrogens is 226 g/mol. The van der Waals surface area contributed by atoms with Gasteiger partial charge in [0.15, 0.2) is 0 Å². The fourth-order valence-electron chi connectivity index (χ4n) is 1.68. The quantitative estimate of drug-likeness (QED) is 0.864. The van der Waals surface area contributed by atoms with Crippen LogP contribution < -0.4 is 5.32 Å². The van der Waals surface area contributed by atoms with Crippen LogP contribution in [0.15, 0.2) is 54.6 Å². The summed E-state index contributed by atoms with van der Waals surface area (Å²) in [6.45, 7) is 0.135. The maximum Gasteiger partial charge on any atom is 0.255 e. The van der Waals surface area contributed by atoms with Gasteiger partial charge in [-0.3, -0.25) is 4.79 Å². The Balaban J connectivity index is 2.03. The molecule has 0 bridgehead atoms. The Morgan fingerprint density at radius 1 is 1.00 bits per heavy atom. The molecule has 1 amide bonds. The fraction of sp³-hybridized carbons (Fsp3) is 0.133. The topological polar surface area (TPSA) is 49.3 Å². The van der Waals surface area contributed by atoms with Crippen molar-refractivity contribution in [2.24, 2.45) is 0 Å². The van der Waals surface area contributed by atoms with Crippen LogP contribution in [0.1, 0.15) is 15.9 Å². The molecule has 0 aliphatic carbocycles. The highest BCUT2D eigenvalue weighted by Gasteiger charge is 2.04. The highest BCUT2D eigenvalue weighted by molar-refractivity contribution is 6.04. The Hall–Kier alpha value is -2.13. The van der Waals surface area contributed by atoms with Crippen LogP contribution in [0.5, 0.6) is 0 Å². The molecule has 2 rings (SSSR count). The van der Waals surface area contributed by atoms with Gasteiger partial charge in [0.1, 0.15) is 0 Å². The molecule has 0 saturated heterocycles. The standard InChI is InChI=1S/C15H15NO2/c17-11-10-12-6-8-14(9-7-12)16-15(18)13-4-2-1-3-5-13/h1-9,17H,10-11H2,(H,16,18). The third-order valence-corrected chi connectivity index (χ3v) is 2.65. The third kappa shape index (κ3) is 3.18. The maximum absolute atomic E-state index is 11.9. The van der Waals surface area contributed by atoms with Gasteiger partial charge in [0.2, 0.25) is 0 Å². The van der Waals surface area contributed by atoms with E-state index >= 15 is 0 Å². The molecule has 0 fully saturated rings. The number of hydrogen-bond acceptors (Lipinski definition) is 2. The molecule has 3 nitrogen and oxygen atoms in total. The van der Waals surface area contributed by atoms with E-state index in [1.165, 1.54) is 0 Å². The summed E-state index contributed by atoms with van der Waals surface area (Å²) in [7, 11) is 0. The Kier molecular flexibility index (Phi) is 4.10. The lowest BCUT2D eigenvalue weighted by Gasteiger charge is -2.06. The molecule has 0 saturated carbocycles. The van der Waals surface area contributed by atoms with Crippen molar-refractivity contribution >= 4 is 11.6 Å². The second kappa shape index (κ2) is 5.98. The number of nitrogens with one attached hydrogen (secondary N) is 1. The summed E-state index contributed by atoms with van der Waals surface area (Å²) in [5.41, 5.74) is 2.44. The van der Waals surface area contributed by atoms with Gasteiger partial charge in [0, 0.05) is 17.9 Å². The van der Waals surface area contributed by atoms with Gasteiger partial charge in [-0.1, -0.05) is 30.3 Å². The van der Waals surface area contributed by atoms with E-state index in [-0.39, 0.29) is 12.5 Å². The summed E-state index contributed by atoms with van der Waals surface area (Å²) in [6.07, 6.45) is 0.632. The summed E-state index contributed by atoms with van der Waals surface area (Å²) in [6, 6.07) is 16.6. The van der Waals surface area contributed by atoms with Crippen LogP contribution in [0.3, 0.4) is 0 Å². The van der Waals surface area contributed by atoms with Crippen molar-refractivity contribution in [3.8, 4) is 0 Å². The minimum absolute atomic E-state index is 0.120. The van der Waals surface area contributed by atoms with Crippen molar-refractivity contribution in [1.29, 1.82) is 0 Å². The van der Waals surface area contributed by atoms with Crippen LogP contribution in [0.2, 0.25) is 0 Å². The first-order valence-corrected chi connectivity index (χ1v) is 5.86. The number of carbonyl (C=O) groups excluding carboxylic acids is 1. The number of amides is 1. The maximum atomic E-state index is 11.9. The SMILES string of the molecule is O=C(Nc1ccc(CCO)cc1)c1ccccc1. The van der Waals surface area contributed by atoms with E-state index in [9.17, 15) is 4.79 Å². The number of hydrogen-bond donors (Lipinski definition) is 2. The number of anilines is 1. The molecule has 0 heterocycles. The second-order valence-electron chi connectivity index (χ2n) is 3.99. The van der Waals surface area contributed by atoms with Gasteiger partial charge < -0.3 is 10.4 Å². The Bertz CT molecular complexity index is 506. The minimum Gasteiger partial charge on any atom is -0.396 e. The molecule has 2 aromatic carbocycles. The predicted molar refractivity (Wildman–Crippen MR) is 71.6 cm³/mol. The predicted octanol–water partition coefficient (Wildman–Crippen LogP) is 2.47. The van der Waals surface area contributed by atoms with Crippen molar-refractivity contribution in [2.75, 3.05) is 11.9 Å². The van der Waals surface area contributed by atoms with Gasteiger partial charge >= 0.3 is 0 Å². The number of carbonyl (C=O) groups is 1. The average molecular weight is 241 g/mol. The lowest BCUT2D eigenvalue weighted by molar-refractivity contribution is 0.102. The van der Waals surface area contributed by atoms with Crippen LogP contribution in [0.25, 0.3) is 0 Å². The molecule has 0 radical (unpaired) electrons. The molecular formula is C15H15NO2. The first-order valence-electron chi connectivity index (χ1n) is 5.86. The van der Waals surface area contributed by atoms with Gasteiger partial charge in [0.05, 0.1) is 0 Å². The van der Waals surface area contributed by atoms with Crippen molar-refractivity contribution in [1.82, 2.24) is 0 Å². The monoisotopic (exact) mass is 241 g/mol. The highest BCUT2D eigenvalue weighted by Crippen LogP contribution is 2.11. The van der Waals surface area contributed by atoms with E-state index < -0.39 is 0 Å². The van der Waals surface area contributed by atoms with E-state index in [1.807, 2.05) is 42.5 Å². The summed E-state index contributed by atoms with van der Waals surface area (Å²) in [5.74, 6) is -0.120. The molecule has 0 spiro atoms. The van der Waals surface area contributed by atoms with Gasteiger partial charge in [0.25, 0.3) is 5.91 Å². The van der Waals surface area contributed by atoms with Gasteiger partial charge in [-0.25, -0.2) is 0 Å². The van der Waals surface area contributed by atoms with Crippen LogP contribution in [-0.4, -0.2) is 17.6 Å². The summed E-state index contributed by atoms with van der Waals surface area (Å²) in [4.78, 5) is 11.9. The zero-order chi connectivity index (χ0) is 12.8. The largest absolute Gasteiger partial charge is 0.396 e. The Morgan fingerprint density at radius 2 is 1.67 bits per heavy atom. The van der Waals surface area contributed by atoms with Gasteiger partial charge in [-0.05, 0) is 36.2 Å². The fourth-order valence-corrected chi connectivity index (χ4v) is 1.68. The van der Waals surface area contributed by atoms with Crippen molar-refractivity contribution in [3.05, 3.63) is 65.7 Å². The molecule has 0 aliphatic heterocycles. The smallest absolute Gasteiger partial charge is 0.255 e. The molecule has 92 valence electrons. The molecule has 0 atom stereocenters. The Morgan fingerprint density at radius 3 is 2.28 bits per heavy atom. The number of aliphatic hydroxyl groups excluding tert-OH is 1. The van der Waals surface area contributed by atoms with Crippen molar-refractivity contribution in [2.45, 2.75) is 6.42 Å². The number of benzene rings is 2. The van der Waals surface area contributed by atoms with E-state index in [4.69, 9.17) is 5.11 Å². The molecule has 18 heavy (non-hydrogen) atoms. The zero-order valence-electron chi connectivity index (χ0n) is 9.97. The Labute approximate surface area is 106 Å². The van der Waals surface area contributed by atoms with Crippen molar-refractivity contribution in [3.63, 3.8) is 0 Å². The van der Waals surface area contributed by atoms with E-state index in [0.29, 0.717) is 12.0 Å². The third-order valence-electron chi connectivity index (χ3n) is 2.65. The van der Waals surface area contributed by atoms with E-state index in [2.05, 4.69) is 5.32 Å². The molecule has 0 aromatic heterocycles. The lowest BCUT2D eigenvalue weighted by Crippen LogP contribution is -2.11. The molecule has 3 heteroatoms. The molecule has 0 unspecified atom stereocenters. The van der Waals surface area contributed by atoms with Gasteiger partial charge in [-0.15, -0.1) is 0 Å². The van der Waals surface area contributed by atoms with Crippen LogP contribution in [0.4, 0.5) is 5.69 Å². The molecule has 2 aromatic rings. The van der Waals surface area contributed by atoms with Gasteiger partial charge in [-0.2, -0.15) is 0 Å². The number of aliphatic hydroxyl groups is 1. The average Bonchev–Trinajstić information content (AvgIpc) is 2.42. The first kappa shape index (κ1) is 12.3. The summed E-state index contributed by atoms with van der Waals surface area (Å²) in [5, 5.41) is 11.6. The first-order chi connectivity index (χ1) is 8.79. The summed E-state index contributed by atoms with van der Waals surface area (Å²) < 4.78 is 0. The minimum atomic E-state index is -0.120. The normalized spacial score (nSPS) is 10.1. The zero-order valence-corrected chi connectivity index (χ0v) is 9.97. The lowest BCUT2D eigenvalue weighted by atomic mass is 10.1. The van der Waals surface area contributed by atoms with E-state index in [1.54, 1.807) is 12.1 Å². The molecule has 0 aliphatic rings. The summed E-state index contributed by atoms with van der Waals surface area (Å²) >= 11 is 0. The molecule has 2 N–H and O–H groups in total.